The summed E-state index contributed by atoms with van der Waals surface area (Å²) in [4.78, 5) is 0. The molecule has 0 aliphatic heterocycles. The van der Waals surface area contributed by atoms with Gasteiger partial charge < -0.3 is 0 Å². The van der Waals surface area contributed by atoms with Gasteiger partial charge in [0.15, 0.2) is 0 Å². The fraction of sp³-hybridized carbons (Fsp3) is 0.727. The first-order chi connectivity index (χ1) is 5.85. The molecule has 0 aliphatic rings. The molecule has 0 spiro atoms. The zero-order valence-electron chi connectivity index (χ0n) is 8.21. The normalized spacial score (nSPS) is 13.1. The molecule has 0 bridgehead atoms. The lowest BCUT2D eigenvalue weighted by molar-refractivity contribution is 0.539. The van der Waals surface area contributed by atoms with Crippen LogP contribution in [0.3, 0.4) is 0 Å². The van der Waals surface area contributed by atoms with Crippen molar-refractivity contribution in [1.29, 1.82) is 5.26 Å². The van der Waals surface area contributed by atoms with Crippen LogP contribution in [-0.4, -0.2) is 0 Å². The molecule has 0 N–H and O–H groups in total. The molecule has 1 heteroatoms. The zero-order valence-corrected chi connectivity index (χ0v) is 8.21. The molecule has 0 aromatic heterocycles. The van der Waals surface area contributed by atoms with Gasteiger partial charge in [-0.2, -0.15) is 5.26 Å². The van der Waals surface area contributed by atoms with Crippen molar-refractivity contribution >= 4 is 0 Å². The van der Waals surface area contributed by atoms with E-state index in [4.69, 9.17) is 5.26 Å². The van der Waals surface area contributed by atoms with Crippen LogP contribution in [0.4, 0.5) is 0 Å². The molecule has 0 radical (unpaired) electrons. The van der Waals surface area contributed by atoms with Crippen molar-refractivity contribution < 1.29 is 0 Å². The molecule has 0 amide bonds. The Morgan fingerprint density at radius 3 is 2.67 bits per heavy atom. The number of allylic oxidation sites excluding steroid dienone is 2. The van der Waals surface area contributed by atoms with E-state index in [1.165, 1.54) is 25.7 Å². The standard InChI is InChI=1S/C11H19N/c1-3-5-8-11(4-2)9-6-7-10-12/h6,9,11H,3-5,7-8H2,1-2H3. The number of rotatable bonds is 6. The molecule has 0 aliphatic carbocycles. The molecule has 0 aromatic rings. The van der Waals surface area contributed by atoms with Gasteiger partial charge in [-0.3, -0.25) is 0 Å². The summed E-state index contributed by atoms with van der Waals surface area (Å²) < 4.78 is 0. The first-order valence-corrected chi connectivity index (χ1v) is 4.88. The molecule has 0 fully saturated rings. The molecule has 0 saturated heterocycles. The maximum absolute atomic E-state index is 8.33. The number of nitriles is 1. The van der Waals surface area contributed by atoms with E-state index in [0.29, 0.717) is 12.3 Å². The van der Waals surface area contributed by atoms with Gasteiger partial charge >= 0.3 is 0 Å². The van der Waals surface area contributed by atoms with Crippen molar-refractivity contribution in [1.82, 2.24) is 0 Å². The van der Waals surface area contributed by atoms with Crippen LogP contribution in [0, 0.1) is 17.2 Å². The van der Waals surface area contributed by atoms with Gasteiger partial charge in [-0.1, -0.05) is 38.8 Å². The lowest BCUT2D eigenvalue weighted by atomic mass is 9.99. The third kappa shape index (κ3) is 5.97. The van der Waals surface area contributed by atoms with E-state index >= 15 is 0 Å². The van der Waals surface area contributed by atoms with E-state index in [0.717, 1.165) is 0 Å². The van der Waals surface area contributed by atoms with Crippen molar-refractivity contribution in [3.8, 4) is 6.07 Å². The van der Waals surface area contributed by atoms with E-state index in [2.05, 4.69) is 26.0 Å². The van der Waals surface area contributed by atoms with Gasteiger partial charge in [0.1, 0.15) is 0 Å². The first kappa shape index (κ1) is 11.2. The van der Waals surface area contributed by atoms with Gasteiger partial charge in [0.05, 0.1) is 12.5 Å². The molecular formula is C11H19N. The predicted octanol–water partition coefficient (Wildman–Crippen LogP) is 3.67. The quantitative estimate of drug-likeness (QED) is 0.551. The Bertz CT molecular complexity index is 153. The van der Waals surface area contributed by atoms with Crippen molar-refractivity contribution in [3.63, 3.8) is 0 Å². The third-order valence-corrected chi connectivity index (χ3v) is 2.07. The van der Waals surface area contributed by atoms with Crippen molar-refractivity contribution in [2.75, 3.05) is 0 Å². The Morgan fingerprint density at radius 1 is 1.42 bits per heavy atom. The Balaban J connectivity index is 3.60. The molecule has 68 valence electrons. The molecular weight excluding hydrogens is 146 g/mol. The highest BCUT2D eigenvalue weighted by atomic mass is 14.2. The summed E-state index contributed by atoms with van der Waals surface area (Å²) in [5.41, 5.74) is 0. The fourth-order valence-electron chi connectivity index (χ4n) is 1.22. The second-order valence-corrected chi connectivity index (χ2v) is 3.10. The van der Waals surface area contributed by atoms with E-state index < -0.39 is 0 Å². The van der Waals surface area contributed by atoms with Gasteiger partial charge in [0, 0.05) is 0 Å². The van der Waals surface area contributed by atoms with Crippen LogP contribution in [0.25, 0.3) is 0 Å². The Hall–Kier alpha value is -0.770. The van der Waals surface area contributed by atoms with E-state index in [1.54, 1.807) is 0 Å². The zero-order chi connectivity index (χ0) is 9.23. The maximum atomic E-state index is 8.33. The van der Waals surface area contributed by atoms with Gasteiger partial charge in [0.25, 0.3) is 0 Å². The van der Waals surface area contributed by atoms with Gasteiger partial charge in [-0.05, 0) is 18.8 Å². The van der Waals surface area contributed by atoms with E-state index in [9.17, 15) is 0 Å². The number of hydrogen-bond donors (Lipinski definition) is 0. The molecule has 12 heavy (non-hydrogen) atoms. The predicted molar refractivity (Wildman–Crippen MR) is 52.7 cm³/mol. The van der Waals surface area contributed by atoms with Crippen molar-refractivity contribution in [3.05, 3.63) is 12.2 Å². The first-order valence-electron chi connectivity index (χ1n) is 4.88. The Kier molecular flexibility index (Phi) is 7.79. The molecule has 1 atom stereocenters. The van der Waals surface area contributed by atoms with Crippen LogP contribution < -0.4 is 0 Å². The SMILES string of the molecule is CCCCC(C=CCC#N)CC. The minimum Gasteiger partial charge on any atom is -0.198 e. The van der Waals surface area contributed by atoms with Gasteiger partial charge in [-0.25, -0.2) is 0 Å². The number of nitrogens with zero attached hydrogens (tertiary/aromatic N) is 1. The maximum Gasteiger partial charge on any atom is 0.0663 e. The second kappa shape index (κ2) is 8.33. The monoisotopic (exact) mass is 165 g/mol. The summed E-state index contributed by atoms with van der Waals surface area (Å²) in [5, 5.41) is 8.33. The topological polar surface area (TPSA) is 23.8 Å². The smallest absolute Gasteiger partial charge is 0.0663 e. The molecule has 0 aromatic carbocycles. The van der Waals surface area contributed by atoms with Crippen LogP contribution >= 0.6 is 0 Å². The lowest BCUT2D eigenvalue weighted by Gasteiger charge is -2.07. The average Bonchev–Trinajstić information content (AvgIpc) is 2.11. The minimum absolute atomic E-state index is 0.558. The molecule has 0 heterocycles. The fourth-order valence-corrected chi connectivity index (χ4v) is 1.22. The second-order valence-electron chi connectivity index (χ2n) is 3.10. The number of hydrogen-bond acceptors (Lipinski definition) is 1. The largest absolute Gasteiger partial charge is 0.198 e. The highest BCUT2D eigenvalue weighted by molar-refractivity contribution is 4.93. The van der Waals surface area contributed by atoms with Crippen LogP contribution in [-0.2, 0) is 0 Å². The molecule has 1 unspecified atom stereocenters. The van der Waals surface area contributed by atoms with Crippen molar-refractivity contribution in [2.24, 2.45) is 5.92 Å². The third-order valence-electron chi connectivity index (χ3n) is 2.07. The highest BCUT2D eigenvalue weighted by Crippen LogP contribution is 2.13. The van der Waals surface area contributed by atoms with Crippen LogP contribution in [0.2, 0.25) is 0 Å². The molecule has 0 rings (SSSR count). The summed E-state index contributed by atoms with van der Waals surface area (Å²) in [6, 6.07) is 2.12. The van der Waals surface area contributed by atoms with E-state index in [-0.39, 0.29) is 0 Å². The molecule has 0 saturated carbocycles. The van der Waals surface area contributed by atoms with Crippen LogP contribution in [0.5, 0.6) is 0 Å². The van der Waals surface area contributed by atoms with E-state index in [1.807, 2.05) is 6.08 Å². The molecule has 1 nitrogen and oxygen atoms in total. The summed E-state index contributed by atoms with van der Waals surface area (Å²) in [6.07, 6.45) is 9.78. The van der Waals surface area contributed by atoms with Gasteiger partial charge in [-0.15, -0.1) is 0 Å². The van der Waals surface area contributed by atoms with Gasteiger partial charge in [0.2, 0.25) is 0 Å². The van der Waals surface area contributed by atoms with Crippen LogP contribution in [0.15, 0.2) is 12.2 Å². The minimum atomic E-state index is 0.558. The highest BCUT2D eigenvalue weighted by Gasteiger charge is 1.99. The Labute approximate surface area is 76.1 Å². The van der Waals surface area contributed by atoms with Crippen LogP contribution in [0.1, 0.15) is 46.0 Å². The van der Waals surface area contributed by atoms with Crippen molar-refractivity contribution in [2.45, 2.75) is 46.0 Å². The Morgan fingerprint density at radius 2 is 2.17 bits per heavy atom. The summed E-state index contributed by atoms with van der Waals surface area (Å²) in [5.74, 6) is 0.693. The summed E-state index contributed by atoms with van der Waals surface area (Å²) in [6.45, 7) is 4.42. The summed E-state index contributed by atoms with van der Waals surface area (Å²) in [7, 11) is 0. The summed E-state index contributed by atoms with van der Waals surface area (Å²) >= 11 is 0. The number of unbranched alkanes of at least 4 members (excludes halogenated alkanes) is 1. The average molecular weight is 165 g/mol. The lowest BCUT2D eigenvalue weighted by Crippen LogP contribution is -1.93.